The van der Waals surface area contributed by atoms with Gasteiger partial charge in [-0.15, -0.1) is 0 Å². The highest BCUT2D eigenvalue weighted by Gasteiger charge is 2.32. The van der Waals surface area contributed by atoms with E-state index in [0.29, 0.717) is 0 Å². The van der Waals surface area contributed by atoms with Crippen molar-refractivity contribution in [1.29, 1.82) is 0 Å². The van der Waals surface area contributed by atoms with Gasteiger partial charge in [0.1, 0.15) is 17.6 Å². The standard InChI is InChI=1S/C9H10F3N3O2/c10-9(11,12)6-2-1-3-7(15-6)14-4-5(16)8(13)17/h1-3,5,16H,4H2,(H2,13,17)(H,14,15). The summed E-state index contributed by atoms with van der Waals surface area (Å²) in [5.74, 6) is -1.07. The molecule has 0 fully saturated rings. The van der Waals surface area contributed by atoms with Crippen molar-refractivity contribution in [2.75, 3.05) is 11.9 Å². The van der Waals surface area contributed by atoms with Gasteiger partial charge in [0.15, 0.2) is 0 Å². The Hall–Kier alpha value is -1.83. The highest BCUT2D eigenvalue weighted by molar-refractivity contribution is 5.79. The van der Waals surface area contributed by atoms with Gasteiger partial charge in [0, 0.05) is 0 Å². The molecule has 1 unspecified atom stereocenters. The van der Waals surface area contributed by atoms with Crippen LogP contribution in [0.5, 0.6) is 0 Å². The van der Waals surface area contributed by atoms with Gasteiger partial charge in [-0.3, -0.25) is 4.79 Å². The Labute approximate surface area is 94.5 Å². The van der Waals surface area contributed by atoms with Crippen LogP contribution in [0.3, 0.4) is 0 Å². The number of nitrogens with one attached hydrogen (secondary N) is 1. The zero-order valence-corrected chi connectivity index (χ0v) is 8.53. The second-order valence-electron chi connectivity index (χ2n) is 3.20. The minimum atomic E-state index is -4.54. The molecular weight excluding hydrogens is 239 g/mol. The molecule has 1 aromatic rings. The van der Waals surface area contributed by atoms with Crippen LogP contribution in [0.4, 0.5) is 19.0 Å². The fraction of sp³-hybridized carbons (Fsp3) is 0.333. The molecule has 1 rings (SSSR count). The number of rotatable bonds is 4. The van der Waals surface area contributed by atoms with Gasteiger partial charge < -0.3 is 16.2 Å². The van der Waals surface area contributed by atoms with Crippen molar-refractivity contribution in [2.45, 2.75) is 12.3 Å². The average Bonchev–Trinajstić information content (AvgIpc) is 2.25. The molecule has 94 valence electrons. The number of amides is 1. The molecular formula is C9H10F3N3O2. The second-order valence-corrected chi connectivity index (χ2v) is 3.20. The lowest BCUT2D eigenvalue weighted by molar-refractivity contribution is -0.141. The highest BCUT2D eigenvalue weighted by Crippen LogP contribution is 2.27. The van der Waals surface area contributed by atoms with Crippen molar-refractivity contribution >= 4 is 11.7 Å². The normalized spacial score (nSPS) is 13.2. The van der Waals surface area contributed by atoms with Gasteiger partial charge in [0.2, 0.25) is 5.91 Å². The fourth-order valence-corrected chi connectivity index (χ4v) is 0.993. The predicted molar refractivity (Wildman–Crippen MR) is 52.9 cm³/mol. The number of alkyl halides is 3. The molecule has 0 aromatic carbocycles. The van der Waals surface area contributed by atoms with Gasteiger partial charge in [0.05, 0.1) is 6.54 Å². The number of carbonyl (C=O) groups excluding carboxylic acids is 1. The molecule has 0 radical (unpaired) electrons. The summed E-state index contributed by atoms with van der Waals surface area (Å²) in [6.45, 7) is -0.302. The molecule has 4 N–H and O–H groups in total. The average molecular weight is 249 g/mol. The van der Waals surface area contributed by atoms with Crippen molar-refractivity contribution in [2.24, 2.45) is 5.73 Å². The van der Waals surface area contributed by atoms with E-state index in [9.17, 15) is 18.0 Å². The third-order valence-corrected chi connectivity index (χ3v) is 1.84. The number of aliphatic hydroxyl groups excluding tert-OH is 1. The number of carbonyl (C=O) groups is 1. The van der Waals surface area contributed by atoms with Crippen LogP contribution < -0.4 is 11.1 Å². The molecule has 5 nitrogen and oxygen atoms in total. The first-order valence-corrected chi connectivity index (χ1v) is 4.56. The lowest BCUT2D eigenvalue weighted by Crippen LogP contribution is -2.34. The Morgan fingerprint density at radius 1 is 1.53 bits per heavy atom. The third-order valence-electron chi connectivity index (χ3n) is 1.84. The number of aromatic nitrogens is 1. The lowest BCUT2D eigenvalue weighted by atomic mass is 10.3. The van der Waals surface area contributed by atoms with E-state index in [4.69, 9.17) is 10.8 Å². The highest BCUT2D eigenvalue weighted by atomic mass is 19.4. The molecule has 0 spiro atoms. The summed E-state index contributed by atoms with van der Waals surface area (Å²) >= 11 is 0. The Kier molecular flexibility index (Phi) is 3.89. The van der Waals surface area contributed by atoms with E-state index in [1.807, 2.05) is 0 Å². The zero-order valence-electron chi connectivity index (χ0n) is 8.53. The molecule has 1 heterocycles. The molecule has 17 heavy (non-hydrogen) atoms. The van der Waals surface area contributed by atoms with E-state index >= 15 is 0 Å². The lowest BCUT2D eigenvalue weighted by Gasteiger charge is -2.11. The molecule has 1 atom stereocenters. The van der Waals surface area contributed by atoms with Crippen LogP contribution in [0, 0.1) is 0 Å². The molecule has 8 heteroatoms. The van der Waals surface area contributed by atoms with Crippen LogP contribution in [0.25, 0.3) is 0 Å². The van der Waals surface area contributed by atoms with E-state index in [-0.39, 0.29) is 12.4 Å². The van der Waals surface area contributed by atoms with Crippen LogP contribution in [-0.2, 0) is 11.0 Å². The molecule has 0 saturated carbocycles. The first-order valence-electron chi connectivity index (χ1n) is 4.56. The molecule has 0 saturated heterocycles. The maximum absolute atomic E-state index is 12.3. The van der Waals surface area contributed by atoms with E-state index in [0.717, 1.165) is 12.1 Å². The van der Waals surface area contributed by atoms with Gasteiger partial charge in [-0.05, 0) is 12.1 Å². The monoisotopic (exact) mass is 249 g/mol. The summed E-state index contributed by atoms with van der Waals surface area (Å²) in [7, 11) is 0. The summed E-state index contributed by atoms with van der Waals surface area (Å²) in [5.41, 5.74) is 3.71. The zero-order chi connectivity index (χ0) is 13.1. The maximum Gasteiger partial charge on any atom is 0.433 e. The minimum Gasteiger partial charge on any atom is -0.381 e. The number of pyridine rings is 1. The molecule has 0 aliphatic heterocycles. The van der Waals surface area contributed by atoms with E-state index in [1.54, 1.807) is 0 Å². The van der Waals surface area contributed by atoms with Gasteiger partial charge >= 0.3 is 6.18 Å². The van der Waals surface area contributed by atoms with Gasteiger partial charge in [-0.25, -0.2) is 4.98 Å². The van der Waals surface area contributed by atoms with E-state index in [1.165, 1.54) is 6.07 Å². The maximum atomic E-state index is 12.3. The summed E-state index contributed by atoms with van der Waals surface area (Å²) in [5, 5.41) is 11.4. The number of halogens is 3. The van der Waals surface area contributed by atoms with Crippen molar-refractivity contribution in [3.63, 3.8) is 0 Å². The number of hydrogen-bond donors (Lipinski definition) is 3. The largest absolute Gasteiger partial charge is 0.433 e. The van der Waals surface area contributed by atoms with Gasteiger partial charge in [-0.2, -0.15) is 13.2 Å². The SMILES string of the molecule is NC(=O)C(O)CNc1cccc(C(F)(F)F)n1. The number of anilines is 1. The van der Waals surface area contributed by atoms with Crippen molar-refractivity contribution in [3.05, 3.63) is 23.9 Å². The minimum absolute atomic E-state index is 0.0971. The quantitative estimate of drug-likeness (QED) is 0.718. The van der Waals surface area contributed by atoms with Crippen LogP contribution in [-0.4, -0.2) is 28.6 Å². The summed E-state index contributed by atoms with van der Waals surface area (Å²) in [6, 6.07) is 3.26. The predicted octanol–water partition coefficient (Wildman–Crippen LogP) is 0.358. The molecule has 1 amide bonds. The number of aliphatic hydroxyl groups is 1. The Morgan fingerprint density at radius 2 is 2.18 bits per heavy atom. The van der Waals surface area contributed by atoms with Crippen LogP contribution in [0.2, 0.25) is 0 Å². The smallest absolute Gasteiger partial charge is 0.381 e. The Bertz CT molecular complexity index is 409. The van der Waals surface area contributed by atoms with Crippen molar-refractivity contribution in [3.8, 4) is 0 Å². The third kappa shape index (κ3) is 3.91. The summed E-state index contributed by atoms with van der Waals surface area (Å²) in [6.07, 6.45) is -6.02. The van der Waals surface area contributed by atoms with Crippen molar-refractivity contribution in [1.82, 2.24) is 4.98 Å². The number of nitrogens with two attached hydrogens (primary N) is 1. The Balaban J connectivity index is 2.70. The Morgan fingerprint density at radius 3 is 2.71 bits per heavy atom. The second kappa shape index (κ2) is 5.00. The fourth-order valence-electron chi connectivity index (χ4n) is 0.993. The number of hydrogen-bond acceptors (Lipinski definition) is 4. The molecule has 0 bridgehead atoms. The first-order chi connectivity index (χ1) is 7.80. The van der Waals surface area contributed by atoms with Gasteiger partial charge in [0.25, 0.3) is 0 Å². The summed E-state index contributed by atoms with van der Waals surface area (Å²) in [4.78, 5) is 13.8. The van der Waals surface area contributed by atoms with E-state index < -0.39 is 23.9 Å². The van der Waals surface area contributed by atoms with Crippen LogP contribution in [0.1, 0.15) is 5.69 Å². The van der Waals surface area contributed by atoms with Crippen LogP contribution >= 0.6 is 0 Å². The molecule has 1 aromatic heterocycles. The molecule has 0 aliphatic carbocycles. The number of nitrogens with zero attached hydrogens (tertiary/aromatic N) is 1. The topological polar surface area (TPSA) is 88.2 Å². The molecule has 0 aliphatic rings. The number of primary amides is 1. The first kappa shape index (κ1) is 13.2. The van der Waals surface area contributed by atoms with Crippen LogP contribution in [0.15, 0.2) is 18.2 Å². The summed E-state index contributed by atoms with van der Waals surface area (Å²) < 4.78 is 36.8. The van der Waals surface area contributed by atoms with Gasteiger partial charge in [-0.1, -0.05) is 6.07 Å². The van der Waals surface area contributed by atoms with Crippen molar-refractivity contribution < 1.29 is 23.1 Å². The van der Waals surface area contributed by atoms with E-state index in [2.05, 4.69) is 10.3 Å².